The molecule has 152 valence electrons. The third-order valence-corrected chi connectivity index (χ3v) is 5.18. The molecule has 1 aromatic rings. The first kappa shape index (κ1) is 21.5. The molecule has 1 amide bonds. The van der Waals surface area contributed by atoms with Crippen molar-refractivity contribution in [3.8, 4) is 5.75 Å². The predicted molar refractivity (Wildman–Crippen MR) is 109 cm³/mol. The fourth-order valence-corrected chi connectivity index (χ4v) is 3.64. The third kappa shape index (κ3) is 5.84. The molecule has 0 bridgehead atoms. The van der Waals surface area contributed by atoms with Crippen LogP contribution in [0.1, 0.15) is 56.8 Å². The molecule has 6 nitrogen and oxygen atoms in total. The van der Waals surface area contributed by atoms with Gasteiger partial charge in [-0.15, -0.1) is 0 Å². The number of methoxy groups -OCH3 is 1. The van der Waals surface area contributed by atoms with Gasteiger partial charge in [0.15, 0.2) is 0 Å². The van der Waals surface area contributed by atoms with Gasteiger partial charge in [0.2, 0.25) is 0 Å². The van der Waals surface area contributed by atoms with Crippen molar-refractivity contribution < 1.29 is 14.3 Å². The highest BCUT2D eigenvalue weighted by Gasteiger charge is 2.30. The number of hydrogen-bond acceptors (Lipinski definition) is 5. The molecule has 0 aromatic heterocycles. The molecule has 1 aliphatic heterocycles. The summed E-state index contributed by atoms with van der Waals surface area (Å²) < 4.78 is 10.8. The number of amides is 1. The Balaban J connectivity index is 2.11. The second kappa shape index (κ2) is 10.5. The second-order valence-electron chi connectivity index (χ2n) is 7.50. The quantitative estimate of drug-likeness (QED) is 0.511. The lowest BCUT2D eigenvalue weighted by atomic mass is 9.96. The van der Waals surface area contributed by atoms with Crippen molar-refractivity contribution in [2.24, 2.45) is 0 Å². The number of carbonyl (C=O) groups excluding carboxylic acids is 1. The number of nitrogens with one attached hydrogen (secondary N) is 1. The molecule has 1 fully saturated rings. The predicted octanol–water partition coefficient (Wildman–Crippen LogP) is 3.07. The van der Waals surface area contributed by atoms with Crippen LogP contribution in [0.4, 0.5) is 5.69 Å². The zero-order valence-corrected chi connectivity index (χ0v) is 17.2. The lowest BCUT2D eigenvalue weighted by molar-refractivity contribution is 0.0554. The summed E-state index contributed by atoms with van der Waals surface area (Å²) in [6, 6.07) is 6.22. The van der Waals surface area contributed by atoms with Gasteiger partial charge in [-0.3, -0.25) is 4.79 Å². The highest BCUT2D eigenvalue weighted by molar-refractivity contribution is 5.95. The minimum absolute atomic E-state index is 0.0356. The Morgan fingerprint density at radius 3 is 2.70 bits per heavy atom. The van der Waals surface area contributed by atoms with Crippen LogP contribution >= 0.6 is 0 Å². The van der Waals surface area contributed by atoms with E-state index in [1.807, 2.05) is 4.90 Å². The molecule has 2 atom stereocenters. The van der Waals surface area contributed by atoms with Crippen LogP contribution < -0.4 is 15.8 Å². The topological polar surface area (TPSA) is 76.8 Å². The monoisotopic (exact) mass is 377 g/mol. The number of nitrogens with two attached hydrogens (primary N) is 1. The Kier molecular flexibility index (Phi) is 8.38. The lowest BCUT2D eigenvalue weighted by Crippen LogP contribution is -2.53. The van der Waals surface area contributed by atoms with Gasteiger partial charge in [0.1, 0.15) is 5.75 Å². The van der Waals surface area contributed by atoms with E-state index in [2.05, 4.69) is 26.1 Å². The number of anilines is 1. The Hall–Kier alpha value is -1.79. The van der Waals surface area contributed by atoms with Crippen molar-refractivity contribution in [2.45, 2.75) is 64.6 Å². The van der Waals surface area contributed by atoms with Crippen LogP contribution in [0, 0.1) is 0 Å². The first-order chi connectivity index (χ1) is 13.0. The molecule has 3 N–H and O–H groups in total. The summed E-state index contributed by atoms with van der Waals surface area (Å²) in [6.07, 6.45) is 4.04. The Labute approximate surface area is 163 Å². The number of rotatable bonds is 9. The maximum Gasteiger partial charge on any atom is 0.254 e. The maximum atomic E-state index is 13.3. The first-order valence-corrected chi connectivity index (χ1v) is 10.0. The lowest BCUT2D eigenvalue weighted by Gasteiger charge is -2.40. The number of benzene rings is 1. The van der Waals surface area contributed by atoms with Gasteiger partial charge in [-0.05, 0) is 51.3 Å². The van der Waals surface area contributed by atoms with Crippen molar-refractivity contribution in [1.29, 1.82) is 0 Å². The van der Waals surface area contributed by atoms with E-state index in [4.69, 9.17) is 15.2 Å². The van der Waals surface area contributed by atoms with E-state index in [1.165, 1.54) is 0 Å². The second-order valence-corrected chi connectivity index (χ2v) is 7.50. The summed E-state index contributed by atoms with van der Waals surface area (Å²) in [5, 5.41) is 3.57. The summed E-state index contributed by atoms with van der Waals surface area (Å²) in [5.41, 5.74) is 7.19. The van der Waals surface area contributed by atoms with Crippen LogP contribution in [-0.2, 0) is 4.74 Å². The molecule has 27 heavy (non-hydrogen) atoms. The van der Waals surface area contributed by atoms with Crippen LogP contribution in [0.2, 0.25) is 0 Å². The Morgan fingerprint density at radius 2 is 2.11 bits per heavy atom. The van der Waals surface area contributed by atoms with E-state index >= 15 is 0 Å². The molecule has 2 rings (SSSR count). The number of piperidine rings is 1. The van der Waals surface area contributed by atoms with Crippen LogP contribution in [0.5, 0.6) is 5.75 Å². The molecular formula is C21H35N3O3. The molecular weight excluding hydrogens is 342 g/mol. The van der Waals surface area contributed by atoms with Gasteiger partial charge in [-0.1, -0.05) is 6.92 Å². The fourth-order valence-electron chi connectivity index (χ4n) is 3.64. The molecule has 1 aliphatic rings. The molecule has 1 saturated heterocycles. The zero-order chi connectivity index (χ0) is 19.8. The van der Waals surface area contributed by atoms with Crippen molar-refractivity contribution in [1.82, 2.24) is 10.2 Å². The number of nitrogen functional groups attached to an aromatic ring is 1. The maximum absolute atomic E-state index is 13.3. The van der Waals surface area contributed by atoms with Crippen LogP contribution in [-0.4, -0.2) is 55.8 Å². The van der Waals surface area contributed by atoms with Crippen LogP contribution in [0.15, 0.2) is 18.2 Å². The molecule has 6 heteroatoms. The van der Waals surface area contributed by atoms with E-state index in [1.54, 1.807) is 25.3 Å². The van der Waals surface area contributed by atoms with Crippen molar-refractivity contribution in [3.05, 3.63) is 23.8 Å². The summed E-state index contributed by atoms with van der Waals surface area (Å²) in [5.74, 6) is 0.599. The largest absolute Gasteiger partial charge is 0.491 e. The zero-order valence-electron chi connectivity index (χ0n) is 17.2. The summed E-state index contributed by atoms with van der Waals surface area (Å²) >= 11 is 0. The average molecular weight is 378 g/mol. The Bertz CT molecular complexity index is 598. The van der Waals surface area contributed by atoms with Crippen molar-refractivity contribution >= 4 is 11.6 Å². The minimum Gasteiger partial charge on any atom is -0.491 e. The number of carbonyl (C=O) groups is 1. The number of nitrogens with zero attached hydrogens (tertiary/aromatic N) is 1. The van der Waals surface area contributed by atoms with E-state index in [9.17, 15) is 4.79 Å². The van der Waals surface area contributed by atoms with Gasteiger partial charge < -0.3 is 25.4 Å². The van der Waals surface area contributed by atoms with Crippen LogP contribution in [0.25, 0.3) is 0 Å². The van der Waals surface area contributed by atoms with Crippen LogP contribution in [0.3, 0.4) is 0 Å². The van der Waals surface area contributed by atoms with Gasteiger partial charge in [0.25, 0.3) is 5.91 Å². The SMILES string of the molecule is CC[C@H]1CC[C@@H](N(C(=O)c2ccc(N)c(OCCCOC)c2)C(C)C)CN1. The van der Waals surface area contributed by atoms with Gasteiger partial charge in [-0.2, -0.15) is 0 Å². The van der Waals surface area contributed by atoms with E-state index in [0.29, 0.717) is 36.3 Å². The first-order valence-electron chi connectivity index (χ1n) is 10.0. The molecule has 0 unspecified atom stereocenters. The summed E-state index contributed by atoms with van der Waals surface area (Å²) in [4.78, 5) is 15.3. The van der Waals surface area contributed by atoms with Gasteiger partial charge in [0, 0.05) is 50.4 Å². The van der Waals surface area contributed by atoms with E-state index in [-0.39, 0.29) is 18.0 Å². The molecule has 0 aliphatic carbocycles. The van der Waals surface area contributed by atoms with Gasteiger partial charge in [0.05, 0.1) is 12.3 Å². The Morgan fingerprint density at radius 1 is 1.33 bits per heavy atom. The normalized spacial score (nSPS) is 19.9. The third-order valence-electron chi connectivity index (χ3n) is 5.18. The fraction of sp³-hybridized carbons (Fsp3) is 0.667. The molecule has 0 radical (unpaired) electrons. The van der Waals surface area contributed by atoms with E-state index < -0.39 is 0 Å². The summed E-state index contributed by atoms with van der Waals surface area (Å²) in [6.45, 7) is 8.33. The standard InChI is InChI=1S/C21H35N3O3/c1-5-17-8-9-18(14-23-17)24(15(2)3)21(25)16-7-10-19(22)20(13-16)27-12-6-11-26-4/h7,10,13,15,17-18,23H,5-6,8-9,11-12,14,22H2,1-4H3/t17-,18+/m0/s1. The highest BCUT2D eigenvalue weighted by Crippen LogP contribution is 2.26. The van der Waals surface area contributed by atoms with Crippen molar-refractivity contribution in [2.75, 3.05) is 32.6 Å². The molecule has 1 aromatic carbocycles. The number of ether oxygens (including phenoxy) is 2. The van der Waals surface area contributed by atoms with Gasteiger partial charge >= 0.3 is 0 Å². The summed E-state index contributed by atoms with van der Waals surface area (Å²) in [7, 11) is 1.66. The smallest absolute Gasteiger partial charge is 0.254 e. The minimum atomic E-state index is 0.0356. The van der Waals surface area contributed by atoms with Crippen molar-refractivity contribution in [3.63, 3.8) is 0 Å². The molecule has 0 saturated carbocycles. The average Bonchev–Trinajstić information content (AvgIpc) is 2.67. The highest BCUT2D eigenvalue weighted by atomic mass is 16.5. The number of hydrogen-bond donors (Lipinski definition) is 2. The van der Waals surface area contributed by atoms with E-state index in [0.717, 1.165) is 32.2 Å². The molecule has 1 heterocycles. The molecule has 0 spiro atoms. The van der Waals surface area contributed by atoms with Gasteiger partial charge in [-0.25, -0.2) is 0 Å².